The molecule has 0 saturated heterocycles. The Morgan fingerprint density at radius 3 is 2.59 bits per heavy atom. The van der Waals surface area contributed by atoms with Gasteiger partial charge in [-0.3, -0.25) is 4.79 Å². The van der Waals surface area contributed by atoms with Gasteiger partial charge < -0.3 is 4.42 Å². The number of nitrogens with zero attached hydrogens (tertiary/aromatic N) is 1. The molecule has 0 aliphatic heterocycles. The Hall–Kier alpha value is -3.21. The minimum absolute atomic E-state index is 0.0797. The van der Waals surface area contributed by atoms with Gasteiger partial charge in [-0.25, -0.2) is 10.2 Å². The summed E-state index contributed by atoms with van der Waals surface area (Å²) in [6.07, 6.45) is 1.50. The molecule has 0 radical (unpaired) electrons. The van der Waals surface area contributed by atoms with Crippen molar-refractivity contribution < 1.29 is 9.21 Å². The average Bonchev–Trinajstić information content (AvgIpc) is 2.55. The molecular weight excluding hydrogens is 280 g/mol. The zero-order valence-corrected chi connectivity index (χ0v) is 11.5. The number of amides is 1. The quantitative estimate of drug-likeness (QED) is 0.458. The fourth-order valence-electron chi connectivity index (χ4n) is 1.99. The Balaban J connectivity index is 1.82. The van der Waals surface area contributed by atoms with E-state index in [-0.39, 0.29) is 5.56 Å². The van der Waals surface area contributed by atoms with Crippen molar-refractivity contribution in [1.29, 1.82) is 0 Å². The van der Waals surface area contributed by atoms with E-state index in [2.05, 4.69) is 10.5 Å². The molecule has 0 fully saturated rings. The molecule has 5 heteroatoms. The molecule has 0 atom stereocenters. The van der Waals surface area contributed by atoms with Gasteiger partial charge >= 0.3 is 5.63 Å². The van der Waals surface area contributed by atoms with Crippen LogP contribution in [0.1, 0.15) is 15.9 Å². The van der Waals surface area contributed by atoms with Crippen LogP contribution in [0.2, 0.25) is 0 Å². The highest BCUT2D eigenvalue weighted by Crippen LogP contribution is 2.12. The molecule has 0 spiro atoms. The Bertz CT molecular complexity index is 898. The normalized spacial score (nSPS) is 10.9. The Morgan fingerprint density at radius 2 is 1.77 bits per heavy atom. The minimum Gasteiger partial charge on any atom is -0.422 e. The van der Waals surface area contributed by atoms with Gasteiger partial charge in [0.25, 0.3) is 5.91 Å². The predicted molar refractivity (Wildman–Crippen MR) is 84.0 cm³/mol. The molecule has 0 bridgehead atoms. The molecule has 1 N–H and O–H groups in total. The zero-order valence-electron chi connectivity index (χ0n) is 11.5. The van der Waals surface area contributed by atoms with Gasteiger partial charge in [0.2, 0.25) is 0 Å². The van der Waals surface area contributed by atoms with Gasteiger partial charge in [-0.05, 0) is 17.7 Å². The van der Waals surface area contributed by atoms with Gasteiger partial charge in [0.15, 0.2) is 0 Å². The predicted octanol–water partition coefficient (Wildman–Crippen LogP) is 2.56. The summed E-state index contributed by atoms with van der Waals surface area (Å²) in [6.45, 7) is 0. The first-order valence-corrected chi connectivity index (χ1v) is 6.65. The monoisotopic (exact) mass is 292 g/mol. The van der Waals surface area contributed by atoms with Crippen molar-refractivity contribution in [1.82, 2.24) is 5.43 Å². The highest BCUT2D eigenvalue weighted by molar-refractivity contribution is 5.97. The fourth-order valence-corrected chi connectivity index (χ4v) is 1.99. The number of carbonyl (C=O) groups is 1. The summed E-state index contributed by atoms with van der Waals surface area (Å²) in [5.74, 6) is -0.605. The summed E-state index contributed by atoms with van der Waals surface area (Å²) in [7, 11) is 0. The number of benzene rings is 2. The maximum absolute atomic E-state index is 12.0. The number of fused-ring (bicyclic) bond motifs is 1. The van der Waals surface area contributed by atoms with E-state index >= 15 is 0 Å². The SMILES string of the molecule is O=C(NN=Cc1ccccc1)c1cc2ccccc2oc1=O. The van der Waals surface area contributed by atoms with Crippen molar-refractivity contribution in [3.8, 4) is 0 Å². The van der Waals surface area contributed by atoms with E-state index in [1.54, 1.807) is 24.3 Å². The van der Waals surface area contributed by atoms with Gasteiger partial charge in [0.05, 0.1) is 6.21 Å². The van der Waals surface area contributed by atoms with E-state index < -0.39 is 11.5 Å². The molecule has 0 aliphatic rings. The highest BCUT2D eigenvalue weighted by atomic mass is 16.4. The summed E-state index contributed by atoms with van der Waals surface area (Å²) in [4.78, 5) is 23.8. The second-order valence-electron chi connectivity index (χ2n) is 4.60. The molecule has 5 nitrogen and oxygen atoms in total. The van der Waals surface area contributed by atoms with Crippen molar-refractivity contribution in [2.24, 2.45) is 5.10 Å². The maximum Gasteiger partial charge on any atom is 0.349 e. The topological polar surface area (TPSA) is 71.7 Å². The molecular formula is C17H12N2O3. The lowest BCUT2D eigenvalue weighted by Gasteiger charge is -2.00. The van der Waals surface area contributed by atoms with Crippen LogP contribution in [0.3, 0.4) is 0 Å². The third kappa shape index (κ3) is 2.93. The lowest BCUT2D eigenvalue weighted by Crippen LogP contribution is -2.24. The number of carbonyl (C=O) groups excluding carboxylic acids is 1. The Morgan fingerprint density at radius 1 is 1.05 bits per heavy atom. The zero-order chi connectivity index (χ0) is 15.4. The van der Waals surface area contributed by atoms with Gasteiger partial charge in [0.1, 0.15) is 11.1 Å². The Kier molecular flexibility index (Phi) is 3.78. The molecule has 1 aromatic heterocycles. The number of nitrogens with one attached hydrogen (secondary N) is 1. The first kappa shape index (κ1) is 13.8. The fraction of sp³-hybridized carbons (Fsp3) is 0. The number of para-hydroxylation sites is 1. The van der Waals surface area contributed by atoms with E-state index in [0.717, 1.165) is 5.56 Å². The number of hydrogen-bond acceptors (Lipinski definition) is 4. The second-order valence-corrected chi connectivity index (χ2v) is 4.60. The molecule has 0 saturated carbocycles. The van der Waals surface area contributed by atoms with Gasteiger partial charge in [-0.2, -0.15) is 5.10 Å². The summed E-state index contributed by atoms with van der Waals surface area (Å²) >= 11 is 0. The molecule has 0 aliphatic carbocycles. The van der Waals surface area contributed by atoms with Crippen LogP contribution >= 0.6 is 0 Å². The van der Waals surface area contributed by atoms with E-state index in [1.165, 1.54) is 12.3 Å². The standard InChI is InChI=1S/C17H12N2O3/c20-16(19-18-11-12-6-2-1-3-7-12)14-10-13-8-4-5-9-15(13)22-17(14)21/h1-11H,(H,19,20). The van der Waals surface area contributed by atoms with Crippen LogP contribution in [0, 0.1) is 0 Å². The summed E-state index contributed by atoms with van der Waals surface area (Å²) in [5.41, 5.74) is 2.84. The molecule has 0 unspecified atom stereocenters. The van der Waals surface area contributed by atoms with E-state index in [1.807, 2.05) is 30.3 Å². The van der Waals surface area contributed by atoms with E-state index in [9.17, 15) is 9.59 Å². The smallest absolute Gasteiger partial charge is 0.349 e. The highest BCUT2D eigenvalue weighted by Gasteiger charge is 2.12. The molecule has 1 amide bonds. The molecule has 3 rings (SSSR count). The summed E-state index contributed by atoms with van der Waals surface area (Å²) in [6, 6.07) is 17.8. The second kappa shape index (κ2) is 6.05. The lowest BCUT2D eigenvalue weighted by molar-refractivity contribution is 0.0951. The van der Waals surface area contributed by atoms with Gasteiger partial charge in [0, 0.05) is 5.39 Å². The number of hydrogen-bond donors (Lipinski definition) is 1. The number of rotatable bonds is 3. The third-order valence-electron chi connectivity index (χ3n) is 3.07. The van der Waals surface area contributed by atoms with Crippen LogP contribution < -0.4 is 11.1 Å². The van der Waals surface area contributed by atoms with Crippen molar-refractivity contribution >= 4 is 23.1 Å². The van der Waals surface area contributed by atoms with Crippen LogP contribution in [-0.4, -0.2) is 12.1 Å². The van der Waals surface area contributed by atoms with Gasteiger partial charge in [-0.1, -0.05) is 48.5 Å². The van der Waals surface area contributed by atoms with Crippen LogP contribution in [0.25, 0.3) is 11.0 Å². The van der Waals surface area contributed by atoms with Crippen molar-refractivity contribution in [2.75, 3.05) is 0 Å². The van der Waals surface area contributed by atoms with Crippen molar-refractivity contribution in [3.05, 3.63) is 82.2 Å². The third-order valence-corrected chi connectivity index (χ3v) is 3.07. The van der Waals surface area contributed by atoms with Crippen LogP contribution in [0.5, 0.6) is 0 Å². The first-order valence-electron chi connectivity index (χ1n) is 6.65. The molecule has 3 aromatic rings. The van der Waals surface area contributed by atoms with Crippen LogP contribution in [-0.2, 0) is 0 Å². The Labute approximate surface area is 125 Å². The van der Waals surface area contributed by atoms with Crippen molar-refractivity contribution in [3.63, 3.8) is 0 Å². The minimum atomic E-state index is -0.689. The van der Waals surface area contributed by atoms with Crippen LogP contribution in [0.15, 0.2) is 75.0 Å². The summed E-state index contributed by atoms with van der Waals surface area (Å²) < 4.78 is 5.11. The maximum atomic E-state index is 12.0. The van der Waals surface area contributed by atoms with Gasteiger partial charge in [-0.15, -0.1) is 0 Å². The lowest BCUT2D eigenvalue weighted by atomic mass is 10.2. The van der Waals surface area contributed by atoms with E-state index in [4.69, 9.17) is 4.42 Å². The molecule has 22 heavy (non-hydrogen) atoms. The molecule has 2 aromatic carbocycles. The molecule has 108 valence electrons. The number of hydrazone groups is 1. The average molecular weight is 292 g/mol. The van der Waals surface area contributed by atoms with Crippen molar-refractivity contribution in [2.45, 2.75) is 0 Å². The van der Waals surface area contributed by atoms with E-state index in [0.29, 0.717) is 11.0 Å². The molecule has 1 heterocycles. The van der Waals surface area contributed by atoms with Crippen LogP contribution in [0.4, 0.5) is 0 Å². The summed E-state index contributed by atoms with van der Waals surface area (Å²) in [5, 5.41) is 4.51. The largest absolute Gasteiger partial charge is 0.422 e. The first-order chi connectivity index (χ1) is 10.7.